The lowest BCUT2D eigenvalue weighted by Gasteiger charge is -2.27. The molecule has 1 aliphatic carbocycles. The highest BCUT2D eigenvalue weighted by atomic mass is 19.2. The van der Waals surface area contributed by atoms with Gasteiger partial charge in [-0.1, -0.05) is 44.0 Å². The monoisotopic (exact) mass is 454 g/mol. The Hall–Kier alpha value is -2.95. The fourth-order valence-electron chi connectivity index (χ4n) is 4.48. The summed E-state index contributed by atoms with van der Waals surface area (Å²) >= 11 is 0. The van der Waals surface area contributed by atoms with Crippen LogP contribution in [0.25, 0.3) is 11.1 Å². The van der Waals surface area contributed by atoms with Crippen molar-refractivity contribution in [3.8, 4) is 22.6 Å². The van der Waals surface area contributed by atoms with Crippen LogP contribution in [0.2, 0.25) is 0 Å². The van der Waals surface area contributed by atoms with Gasteiger partial charge in [-0.3, -0.25) is 0 Å². The van der Waals surface area contributed by atoms with Gasteiger partial charge in [0.05, 0.1) is 6.61 Å². The Bertz CT molecular complexity index is 1090. The molecular weight excluding hydrogens is 425 g/mol. The Kier molecular flexibility index (Phi) is 7.26. The first-order valence-electron chi connectivity index (χ1n) is 11.6. The van der Waals surface area contributed by atoms with E-state index >= 15 is 0 Å². The molecule has 0 heterocycles. The maximum absolute atomic E-state index is 14.7. The number of hydrogen-bond donors (Lipinski definition) is 0. The average molecular weight is 455 g/mol. The van der Waals surface area contributed by atoms with E-state index in [4.69, 9.17) is 9.47 Å². The minimum atomic E-state index is -0.834. The summed E-state index contributed by atoms with van der Waals surface area (Å²) in [6.45, 7) is 4.44. The second-order valence-corrected chi connectivity index (χ2v) is 8.79. The van der Waals surface area contributed by atoms with E-state index in [-0.39, 0.29) is 23.9 Å². The smallest absolute Gasteiger partial charge is 0.165 e. The van der Waals surface area contributed by atoms with Gasteiger partial charge in [0.1, 0.15) is 23.9 Å². The molecule has 0 spiro atoms. The molecule has 1 saturated carbocycles. The van der Waals surface area contributed by atoms with Crippen LogP contribution in [0.5, 0.6) is 11.5 Å². The average Bonchev–Trinajstić information content (AvgIpc) is 2.82. The molecule has 0 aromatic heterocycles. The maximum Gasteiger partial charge on any atom is 0.165 e. The largest absolute Gasteiger partial charge is 0.494 e. The van der Waals surface area contributed by atoms with Crippen LogP contribution in [0.1, 0.15) is 56.6 Å². The van der Waals surface area contributed by atoms with Gasteiger partial charge in [0.2, 0.25) is 0 Å². The van der Waals surface area contributed by atoms with Gasteiger partial charge in [-0.2, -0.15) is 0 Å². The van der Waals surface area contributed by atoms with E-state index in [9.17, 15) is 13.2 Å². The number of rotatable bonds is 7. The maximum atomic E-state index is 14.7. The Balaban J connectivity index is 1.42. The third kappa shape index (κ3) is 5.35. The second-order valence-electron chi connectivity index (χ2n) is 8.79. The second kappa shape index (κ2) is 10.3. The van der Waals surface area contributed by atoms with Crippen LogP contribution in [0.3, 0.4) is 0 Å². The zero-order valence-corrected chi connectivity index (χ0v) is 19.0. The van der Waals surface area contributed by atoms with Crippen molar-refractivity contribution in [2.75, 3.05) is 6.61 Å². The van der Waals surface area contributed by atoms with Crippen molar-refractivity contribution < 1.29 is 22.6 Å². The molecule has 0 radical (unpaired) electrons. The number of benzene rings is 3. The third-order valence-electron chi connectivity index (χ3n) is 6.46. The molecule has 0 atom stereocenters. The topological polar surface area (TPSA) is 18.5 Å². The van der Waals surface area contributed by atoms with Crippen molar-refractivity contribution >= 4 is 0 Å². The molecule has 33 heavy (non-hydrogen) atoms. The fourth-order valence-corrected chi connectivity index (χ4v) is 4.48. The van der Waals surface area contributed by atoms with Gasteiger partial charge in [-0.05, 0) is 67.0 Å². The van der Waals surface area contributed by atoms with Crippen molar-refractivity contribution in [1.82, 2.24) is 0 Å². The quantitative estimate of drug-likeness (QED) is 0.360. The van der Waals surface area contributed by atoms with Crippen LogP contribution in [0.4, 0.5) is 13.2 Å². The van der Waals surface area contributed by atoms with E-state index in [0.29, 0.717) is 40.7 Å². The van der Waals surface area contributed by atoms with Gasteiger partial charge in [0, 0.05) is 17.2 Å². The van der Waals surface area contributed by atoms with Gasteiger partial charge < -0.3 is 9.47 Å². The van der Waals surface area contributed by atoms with Crippen molar-refractivity contribution in [3.05, 3.63) is 83.2 Å². The zero-order chi connectivity index (χ0) is 23.4. The first-order chi connectivity index (χ1) is 16.0. The number of ether oxygens (including phenoxy) is 2. The summed E-state index contributed by atoms with van der Waals surface area (Å²) in [5, 5.41) is 0. The molecule has 0 amide bonds. The SMILES string of the molecule is CCOc1ccc(-c2ccc(OCc3ccc(C4CCC(C)CC4)c(F)c3F)cc2)c(F)c1. The molecule has 2 nitrogen and oxygen atoms in total. The summed E-state index contributed by atoms with van der Waals surface area (Å²) in [7, 11) is 0. The molecular formula is C28H29F3O2. The van der Waals surface area contributed by atoms with Gasteiger partial charge in [0.15, 0.2) is 11.6 Å². The van der Waals surface area contributed by atoms with Crippen LogP contribution in [0.15, 0.2) is 54.6 Å². The minimum Gasteiger partial charge on any atom is -0.494 e. The molecule has 0 bridgehead atoms. The van der Waals surface area contributed by atoms with Gasteiger partial charge in [0.25, 0.3) is 0 Å². The standard InChI is InChI=1S/C28H29F3O2/c1-3-32-23-13-15-24(26(29)16-23)19-8-11-22(12-9-19)33-17-21-10-14-25(28(31)27(21)30)20-6-4-18(2)5-7-20/h8-16,18,20H,3-7,17H2,1-2H3. The van der Waals surface area contributed by atoms with Gasteiger partial charge in [-0.15, -0.1) is 0 Å². The van der Waals surface area contributed by atoms with Gasteiger partial charge >= 0.3 is 0 Å². The van der Waals surface area contributed by atoms with Crippen LogP contribution < -0.4 is 9.47 Å². The van der Waals surface area contributed by atoms with Crippen molar-refractivity contribution in [3.63, 3.8) is 0 Å². The Morgan fingerprint density at radius 1 is 0.788 bits per heavy atom. The Labute approximate surface area is 193 Å². The molecule has 0 saturated heterocycles. The van der Waals surface area contributed by atoms with E-state index in [1.165, 1.54) is 6.07 Å². The molecule has 174 valence electrons. The van der Waals surface area contributed by atoms with E-state index in [1.807, 2.05) is 6.92 Å². The molecule has 0 unspecified atom stereocenters. The summed E-state index contributed by atoms with van der Waals surface area (Å²) in [6.07, 6.45) is 3.89. The summed E-state index contributed by atoms with van der Waals surface area (Å²) in [5.41, 5.74) is 1.80. The predicted octanol–water partition coefficient (Wildman–Crippen LogP) is 8.04. The summed E-state index contributed by atoms with van der Waals surface area (Å²) in [6, 6.07) is 14.9. The zero-order valence-electron chi connectivity index (χ0n) is 19.0. The van der Waals surface area contributed by atoms with E-state index in [2.05, 4.69) is 6.92 Å². The highest BCUT2D eigenvalue weighted by Crippen LogP contribution is 2.37. The predicted molar refractivity (Wildman–Crippen MR) is 124 cm³/mol. The molecule has 3 aromatic carbocycles. The third-order valence-corrected chi connectivity index (χ3v) is 6.46. The first-order valence-corrected chi connectivity index (χ1v) is 11.6. The highest BCUT2D eigenvalue weighted by Gasteiger charge is 2.24. The Morgan fingerprint density at radius 2 is 1.48 bits per heavy atom. The molecule has 0 aliphatic heterocycles. The summed E-state index contributed by atoms with van der Waals surface area (Å²) in [5.74, 6) is -0.247. The molecule has 3 aromatic rings. The number of hydrogen-bond acceptors (Lipinski definition) is 2. The lowest BCUT2D eigenvalue weighted by atomic mass is 9.79. The normalized spacial score (nSPS) is 18.2. The molecule has 1 fully saturated rings. The first kappa shape index (κ1) is 23.2. The van der Waals surface area contributed by atoms with Crippen molar-refractivity contribution in [1.29, 1.82) is 0 Å². The molecule has 1 aliphatic rings. The van der Waals surface area contributed by atoms with Crippen LogP contribution >= 0.6 is 0 Å². The summed E-state index contributed by atoms with van der Waals surface area (Å²) < 4.78 is 54.9. The van der Waals surface area contributed by atoms with E-state index in [0.717, 1.165) is 25.7 Å². The number of halogens is 3. The molecule has 5 heteroatoms. The van der Waals surface area contributed by atoms with E-state index in [1.54, 1.807) is 48.5 Å². The van der Waals surface area contributed by atoms with Crippen LogP contribution in [0, 0.1) is 23.4 Å². The lowest BCUT2D eigenvalue weighted by molar-refractivity contribution is 0.295. The summed E-state index contributed by atoms with van der Waals surface area (Å²) in [4.78, 5) is 0. The minimum absolute atomic E-state index is 0.0818. The van der Waals surface area contributed by atoms with Crippen LogP contribution in [-0.2, 0) is 6.61 Å². The fraction of sp³-hybridized carbons (Fsp3) is 0.357. The van der Waals surface area contributed by atoms with E-state index < -0.39 is 11.6 Å². The molecule has 0 N–H and O–H groups in total. The lowest BCUT2D eigenvalue weighted by Crippen LogP contribution is -2.13. The highest BCUT2D eigenvalue weighted by molar-refractivity contribution is 5.65. The van der Waals surface area contributed by atoms with Crippen molar-refractivity contribution in [2.24, 2.45) is 5.92 Å². The van der Waals surface area contributed by atoms with Crippen molar-refractivity contribution in [2.45, 2.75) is 52.1 Å². The van der Waals surface area contributed by atoms with Crippen LogP contribution in [-0.4, -0.2) is 6.61 Å². The van der Waals surface area contributed by atoms with Gasteiger partial charge in [-0.25, -0.2) is 13.2 Å². The molecule has 4 rings (SSSR count). The Morgan fingerprint density at radius 3 is 2.15 bits per heavy atom.